The summed E-state index contributed by atoms with van der Waals surface area (Å²) in [5, 5.41) is 10.4. The molecule has 10 heteroatoms. The van der Waals surface area contributed by atoms with Gasteiger partial charge in [0.25, 0.3) is 0 Å². The predicted molar refractivity (Wildman–Crippen MR) is 47.6 cm³/mol. The van der Waals surface area contributed by atoms with Crippen molar-refractivity contribution in [3.05, 3.63) is 34.1 Å². The van der Waals surface area contributed by atoms with E-state index in [9.17, 15) is 27.5 Å². The van der Waals surface area contributed by atoms with Crippen molar-refractivity contribution in [2.75, 3.05) is 6.51 Å². The van der Waals surface area contributed by atoms with Crippen molar-refractivity contribution in [3.63, 3.8) is 0 Å². The Kier molecular flexibility index (Phi) is 6.63. The average molecular weight is 277 g/mol. The fourth-order valence-electron chi connectivity index (χ4n) is 0.940. The van der Waals surface area contributed by atoms with Gasteiger partial charge in [-0.15, -0.1) is 0 Å². The molecule has 4 nitrogen and oxygen atoms in total. The van der Waals surface area contributed by atoms with Crippen molar-refractivity contribution in [2.45, 2.75) is 0 Å². The molecule has 0 fully saturated rings. The molecule has 0 aliphatic carbocycles. The van der Waals surface area contributed by atoms with E-state index in [4.69, 9.17) is 0 Å². The number of nitro groups is 1. The van der Waals surface area contributed by atoms with E-state index < -0.39 is 35.7 Å². The van der Waals surface area contributed by atoms with Gasteiger partial charge < -0.3 is 17.7 Å². The summed E-state index contributed by atoms with van der Waals surface area (Å²) < 4.78 is 52.4. The van der Waals surface area contributed by atoms with Gasteiger partial charge in [0.15, 0.2) is 5.75 Å². The Morgan fingerprint density at radius 2 is 1.94 bits per heavy atom. The summed E-state index contributed by atoms with van der Waals surface area (Å²) in [6.07, 6.45) is 0. The van der Waals surface area contributed by atoms with Crippen LogP contribution in [0.1, 0.15) is 0 Å². The van der Waals surface area contributed by atoms with Crippen LogP contribution in [-0.2, 0) is 0 Å². The molecule has 0 spiro atoms. The molecular weight excluding hydrogens is 272 g/mol. The van der Waals surface area contributed by atoms with Crippen LogP contribution in [0.25, 0.3) is 0 Å². The minimum atomic E-state index is -5.21. The summed E-state index contributed by atoms with van der Waals surface area (Å²) in [7, 11) is 0. The molecule has 0 atom stereocenters. The van der Waals surface area contributed by atoms with Gasteiger partial charge in [-0.1, -0.05) is 0 Å². The first kappa shape index (κ1) is 16.8. The van der Waals surface area contributed by atoms with Crippen molar-refractivity contribution in [1.82, 2.24) is 0 Å². The summed E-state index contributed by atoms with van der Waals surface area (Å²) in [5.41, 5.74) is -0.833. The number of halogens is 4. The van der Waals surface area contributed by atoms with E-state index in [1.54, 1.807) is 0 Å². The van der Waals surface area contributed by atoms with Crippen LogP contribution >= 0.6 is 0 Å². The summed E-state index contributed by atoms with van der Waals surface area (Å²) >= 11 is 0. The van der Waals surface area contributed by atoms with Crippen LogP contribution in [0.3, 0.4) is 0 Å². The van der Waals surface area contributed by atoms with E-state index in [-0.39, 0.29) is 51.4 Å². The zero-order chi connectivity index (χ0) is 12.3. The van der Waals surface area contributed by atoms with Gasteiger partial charge in [-0.2, -0.15) is 0 Å². The maximum atomic E-state index is 12.6. The molecular formula is C7H5BF4KNO3. The number of ether oxygens (including phenoxy) is 1. The number of hydrogen-bond acceptors (Lipinski definition) is 3. The second-order valence-corrected chi connectivity index (χ2v) is 2.89. The number of rotatable bonds is 4. The molecule has 0 aromatic heterocycles. The number of hydrogen-bond donors (Lipinski definition) is 0. The van der Waals surface area contributed by atoms with Gasteiger partial charge in [0.2, 0.25) is 0 Å². The van der Waals surface area contributed by atoms with Crippen molar-refractivity contribution in [3.8, 4) is 5.75 Å². The minimum Gasteiger partial charge on any atom is -0.517 e. The Morgan fingerprint density at radius 1 is 1.35 bits per heavy atom. The molecule has 0 radical (unpaired) electrons. The molecule has 88 valence electrons. The zero-order valence-electron chi connectivity index (χ0n) is 8.70. The van der Waals surface area contributed by atoms with Crippen LogP contribution in [0.4, 0.5) is 23.0 Å². The third-order valence-electron chi connectivity index (χ3n) is 1.55. The Bertz CT molecular complexity index is 415. The Balaban J connectivity index is 0.00000256. The van der Waals surface area contributed by atoms with E-state index in [1.807, 2.05) is 0 Å². The third-order valence-corrected chi connectivity index (χ3v) is 1.55. The molecule has 0 saturated carbocycles. The van der Waals surface area contributed by atoms with Crippen LogP contribution in [0.5, 0.6) is 5.75 Å². The summed E-state index contributed by atoms with van der Waals surface area (Å²) in [6.45, 7) is -6.82. The molecule has 0 heterocycles. The van der Waals surface area contributed by atoms with Crippen LogP contribution in [0.15, 0.2) is 18.2 Å². The average Bonchev–Trinajstić information content (AvgIpc) is 2.14. The zero-order valence-corrected chi connectivity index (χ0v) is 11.8. The number of nitrogens with zero attached hydrogens (tertiary/aromatic N) is 1. The fraction of sp³-hybridized carbons (Fsp3) is 0.143. The first-order chi connectivity index (χ1) is 7.29. The summed E-state index contributed by atoms with van der Waals surface area (Å²) in [6, 6.07) is 2.07. The smallest absolute Gasteiger partial charge is 0.517 e. The minimum absolute atomic E-state index is 0. The number of nitro benzene ring substituents is 1. The maximum Gasteiger partial charge on any atom is 1.00 e. The van der Waals surface area contributed by atoms with Gasteiger partial charge >= 0.3 is 64.0 Å². The first-order valence-corrected chi connectivity index (χ1v) is 4.07. The Morgan fingerprint density at radius 3 is 2.41 bits per heavy atom. The first-order valence-electron chi connectivity index (χ1n) is 4.07. The van der Waals surface area contributed by atoms with E-state index in [0.29, 0.717) is 6.07 Å². The van der Waals surface area contributed by atoms with Gasteiger partial charge in [-0.3, -0.25) is 10.1 Å². The van der Waals surface area contributed by atoms with E-state index in [1.165, 1.54) is 0 Å². The normalized spacial score (nSPS) is 10.6. The largest absolute Gasteiger partial charge is 1.00 e. The van der Waals surface area contributed by atoms with Gasteiger partial charge in [0.1, 0.15) is 5.82 Å². The molecule has 17 heavy (non-hydrogen) atoms. The summed E-state index contributed by atoms with van der Waals surface area (Å²) in [4.78, 5) is 9.37. The monoisotopic (exact) mass is 277 g/mol. The van der Waals surface area contributed by atoms with Gasteiger partial charge in [0, 0.05) is 0 Å². The number of benzene rings is 1. The summed E-state index contributed by atoms with van der Waals surface area (Å²) in [5.74, 6) is -1.53. The molecule has 0 N–H and O–H groups in total. The van der Waals surface area contributed by atoms with Crippen LogP contribution in [-0.4, -0.2) is 18.4 Å². The molecule has 1 rings (SSSR count). The van der Waals surface area contributed by atoms with Gasteiger partial charge in [-0.05, 0) is 12.1 Å². The second kappa shape index (κ2) is 6.69. The van der Waals surface area contributed by atoms with E-state index in [2.05, 4.69) is 4.74 Å². The molecule has 1 aromatic carbocycles. The molecule has 0 bridgehead atoms. The molecule has 1 aromatic rings. The SMILES string of the molecule is O=[N+]([O-])c1cc(F)ccc1OC[B-](F)(F)F.[K+]. The van der Waals surface area contributed by atoms with Crippen molar-refractivity contribution in [1.29, 1.82) is 0 Å². The van der Waals surface area contributed by atoms with E-state index in [0.717, 1.165) is 12.1 Å². The molecule has 0 unspecified atom stereocenters. The predicted octanol–water partition coefficient (Wildman–Crippen LogP) is -0.497. The van der Waals surface area contributed by atoms with Crippen molar-refractivity contribution >= 4 is 12.7 Å². The van der Waals surface area contributed by atoms with Crippen LogP contribution in [0, 0.1) is 15.9 Å². The topological polar surface area (TPSA) is 52.4 Å². The fourth-order valence-corrected chi connectivity index (χ4v) is 0.940. The third kappa shape index (κ3) is 5.82. The quantitative estimate of drug-likeness (QED) is 0.323. The van der Waals surface area contributed by atoms with Crippen LogP contribution in [0.2, 0.25) is 0 Å². The molecule has 0 aliphatic heterocycles. The standard InChI is InChI=1S/C7H5BF4NO3.K/c9-5-1-2-7(6(3-5)13(14)15)16-4-8(10,11)12;/h1-3H,4H2;/q-1;+1. The molecule has 0 saturated heterocycles. The van der Waals surface area contributed by atoms with Crippen molar-refractivity contribution < 1.29 is 78.4 Å². The van der Waals surface area contributed by atoms with Crippen LogP contribution < -0.4 is 56.1 Å². The molecule has 0 amide bonds. The van der Waals surface area contributed by atoms with E-state index >= 15 is 0 Å². The second-order valence-electron chi connectivity index (χ2n) is 2.89. The Hall–Kier alpha value is -0.159. The Labute approximate surface area is 136 Å². The van der Waals surface area contributed by atoms with Crippen molar-refractivity contribution in [2.24, 2.45) is 0 Å². The maximum absolute atomic E-state index is 12.6. The van der Waals surface area contributed by atoms with Gasteiger partial charge in [-0.25, -0.2) is 4.39 Å². The van der Waals surface area contributed by atoms with Gasteiger partial charge in [0.05, 0.1) is 17.5 Å². The molecule has 0 aliphatic rings.